The molecule has 0 unspecified atom stereocenters. The third kappa shape index (κ3) is 8.08. The molecule has 3 N–H and O–H groups in total. The van der Waals surface area contributed by atoms with Crippen LogP contribution in [0.4, 0.5) is 21.9 Å². The number of benzene rings is 3. The van der Waals surface area contributed by atoms with Crippen molar-refractivity contribution in [2.75, 3.05) is 67.1 Å². The first-order chi connectivity index (χ1) is 30.8. The minimum absolute atomic E-state index is 0.0437. The van der Waals surface area contributed by atoms with Gasteiger partial charge in [-0.05, 0) is 97.8 Å². The summed E-state index contributed by atoms with van der Waals surface area (Å²) in [6.45, 7) is 18.1. The van der Waals surface area contributed by atoms with E-state index >= 15 is 0 Å². The first kappa shape index (κ1) is 41.4. The van der Waals surface area contributed by atoms with Gasteiger partial charge in [0.05, 0.1) is 11.7 Å². The van der Waals surface area contributed by atoms with E-state index in [1.165, 1.54) is 43.9 Å². The van der Waals surface area contributed by atoms with Crippen LogP contribution in [-0.2, 0) is 10.2 Å². The van der Waals surface area contributed by atoms with Crippen molar-refractivity contribution in [2.45, 2.75) is 65.3 Å². The molecule has 64 heavy (non-hydrogen) atoms. The van der Waals surface area contributed by atoms with Crippen LogP contribution < -0.4 is 25.3 Å². The van der Waals surface area contributed by atoms with Gasteiger partial charge in [-0.3, -0.25) is 19.8 Å². The summed E-state index contributed by atoms with van der Waals surface area (Å²) < 4.78 is 5.25. The van der Waals surface area contributed by atoms with Gasteiger partial charge in [0.25, 0.3) is 0 Å². The molecule has 3 aromatic heterocycles. The molecule has 4 aliphatic heterocycles. The summed E-state index contributed by atoms with van der Waals surface area (Å²) in [5, 5.41) is 10.3. The zero-order chi connectivity index (χ0) is 44.3. The first-order valence-corrected chi connectivity index (χ1v) is 22.4. The molecule has 6 aromatic rings. The number of piperidine rings is 1. The van der Waals surface area contributed by atoms with Gasteiger partial charge in [-0.1, -0.05) is 50.2 Å². The second-order valence-electron chi connectivity index (χ2n) is 19.4. The van der Waals surface area contributed by atoms with Gasteiger partial charge >= 0.3 is 17.8 Å². The maximum atomic E-state index is 12.9. The standard InChI is InChI=1S/C49H55N11O4/c1-30-22-34(8-15-38(30)31(2)52-44(62)45-55-46(56-64-45)48(3,4)5)42-39-23-40(53-43(39)51-29-50-42)33-6-9-36(10-7-33)59-27-49(28-59)25-57(26-49)24-32-16-19-58(20-17-32)35-11-13-37(14-12-35)60-21-18-41(61)54-47(60)63/h6-15,22-23,29,31-32H,16-21,24-28H2,1-5H3,(H,52,62)(H,50,51,53)(H,54,61,63)/t31-/m1/s1. The average molecular weight is 862 g/mol. The molecule has 0 bridgehead atoms. The minimum atomic E-state index is -0.404. The second kappa shape index (κ2) is 16.2. The second-order valence-corrected chi connectivity index (χ2v) is 19.4. The largest absolute Gasteiger partial charge is 0.372 e. The molecule has 4 aliphatic rings. The summed E-state index contributed by atoms with van der Waals surface area (Å²) in [6, 6.07) is 24.7. The molecular weight excluding hydrogens is 807 g/mol. The number of aryl methyl sites for hydroxylation is 1. The van der Waals surface area contributed by atoms with Gasteiger partial charge < -0.3 is 29.5 Å². The highest BCUT2D eigenvalue weighted by molar-refractivity contribution is 6.05. The Morgan fingerprint density at radius 3 is 2.25 bits per heavy atom. The zero-order valence-electron chi connectivity index (χ0n) is 37.1. The summed E-state index contributed by atoms with van der Waals surface area (Å²) in [4.78, 5) is 63.1. The Labute approximate surface area is 372 Å². The lowest BCUT2D eigenvalue weighted by atomic mass is 9.72. The van der Waals surface area contributed by atoms with E-state index < -0.39 is 5.91 Å². The number of anilines is 3. The number of aromatic amines is 1. The molecular formula is C49H55N11O4. The van der Waals surface area contributed by atoms with Crippen molar-refractivity contribution in [1.82, 2.24) is 40.6 Å². The Bertz CT molecular complexity index is 2720. The molecule has 10 rings (SSSR count). The predicted octanol–water partition coefficient (Wildman–Crippen LogP) is 7.26. The topological polar surface area (TPSA) is 169 Å². The van der Waals surface area contributed by atoms with Crippen LogP contribution >= 0.6 is 0 Å². The molecule has 330 valence electrons. The van der Waals surface area contributed by atoms with Gasteiger partial charge in [-0.25, -0.2) is 14.8 Å². The fourth-order valence-electron chi connectivity index (χ4n) is 10.0. The molecule has 1 spiro atoms. The summed E-state index contributed by atoms with van der Waals surface area (Å²) in [5.74, 6) is 0.540. The van der Waals surface area contributed by atoms with Crippen LogP contribution in [0.2, 0.25) is 0 Å². The quantitative estimate of drug-likeness (QED) is 0.127. The van der Waals surface area contributed by atoms with Crippen LogP contribution in [0.15, 0.2) is 83.6 Å². The highest BCUT2D eigenvalue weighted by Gasteiger charge is 2.51. The molecule has 4 fully saturated rings. The minimum Gasteiger partial charge on any atom is -0.372 e. The van der Waals surface area contributed by atoms with Crippen LogP contribution in [0, 0.1) is 18.3 Å². The molecule has 1 atom stereocenters. The summed E-state index contributed by atoms with van der Waals surface area (Å²) in [5.41, 5.74) is 10.0. The summed E-state index contributed by atoms with van der Waals surface area (Å²) >= 11 is 0. The fraction of sp³-hybridized carbons (Fsp3) is 0.408. The van der Waals surface area contributed by atoms with Crippen molar-refractivity contribution in [1.29, 1.82) is 0 Å². The Morgan fingerprint density at radius 2 is 1.56 bits per heavy atom. The van der Waals surface area contributed by atoms with Crippen molar-refractivity contribution >= 4 is 45.9 Å². The van der Waals surface area contributed by atoms with Gasteiger partial charge in [0.15, 0.2) is 5.82 Å². The number of nitrogens with zero attached hydrogens (tertiary/aromatic N) is 8. The van der Waals surface area contributed by atoms with E-state index in [0.29, 0.717) is 30.1 Å². The number of carbonyl (C=O) groups is 3. The molecule has 4 saturated heterocycles. The number of rotatable bonds is 10. The Hall–Kier alpha value is -6.61. The molecule has 3 aromatic carbocycles. The van der Waals surface area contributed by atoms with E-state index in [0.717, 1.165) is 76.5 Å². The van der Waals surface area contributed by atoms with Crippen molar-refractivity contribution < 1.29 is 18.9 Å². The van der Waals surface area contributed by atoms with E-state index in [1.54, 1.807) is 11.2 Å². The van der Waals surface area contributed by atoms with E-state index in [9.17, 15) is 14.4 Å². The Kier molecular flexibility index (Phi) is 10.5. The number of hydrogen-bond donors (Lipinski definition) is 3. The number of urea groups is 1. The van der Waals surface area contributed by atoms with Crippen LogP contribution in [-0.4, -0.2) is 100 Å². The van der Waals surface area contributed by atoms with Gasteiger partial charge in [0, 0.05) is 103 Å². The van der Waals surface area contributed by atoms with E-state index in [2.05, 4.69) is 94.0 Å². The summed E-state index contributed by atoms with van der Waals surface area (Å²) in [6.07, 6.45) is 4.29. The number of nitrogens with one attached hydrogen (secondary N) is 3. The number of likely N-dealkylation sites (tertiary alicyclic amines) is 1. The first-order valence-electron chi connectivity index (χ1n) is 22.4. The molecule has 15 heteroatoms. The molecule has 0 saturated carbocycles. The number of amides is 4. The lowest BCUT2D eigenvalue weighted by molar-refractivity contribution is -0.120. The van der Waals surface area contributed by atoms with Gasteiger partial charge in [-0.15, -0.1) is 0 Å². The van der Waals surface area contributed by atoms with Crippen LogP contribution in [0.25, 0.3) is 33.5 Å². The predicted molar refractivity (Wildman–Crippen MR) is 246 cm³/mol. The molecule has 0 aliphatic carbocycles. The highest BCUT2D eigenvalue weighted by Crippen LogP contribution is 2.43. The fourth-order valence-corrected chi connectivity index (χ4v) is 10.0. The van der Waals surface area contributed by atoms with Crippen LogP contribution in [0.5, 0.6) is 0 Å². The van der Waals surface area contributed by atoms with Gasteiger partial charge in [0.2, 0.25) is 5.91 Å². The Morgan fingerprint density at radius 1 is 0.875 bits per heavy atom. The number of hydrogen-bond acceptors (Lipinski definition) is 11. The monoisotopic (exact) mass is 861 g/mol. The zero-order valence-corrected chi connectivity index (χ0v) is 37.1. The maximum absolute atomic E-state index is 12.9. The number of imide groups is 1. The average Bonchev–Trinajstić information content (AvgIpc) is 3.94. The smallest absolute Gasteiger partial charge is 0.328 e. The molecule has 15 nitrogen and oxygen atoms in total. The third-order valence-corrected chi connectivity index (χ3v) is 13.5. The lowest BCUT2D eigenvalue weighted by Crippen LogP contribution is -2.72. The van der Waals surface area contributed by atoms with Gasteiger partial charge in [-0.2, -0.15) is 4.98 Å². The highest BCUT2D eigenvalue weighted by atomic mass is 16.5. The normalized spacial score (nSPS) is 18.5. The molecule has 4 amide bonds. The van der Waals surface area contributed by atoms with E-state index in [1.807, 2.05) is 58.9 Å². The van der Waals surface area contributed by atoms with Crippen molar-refractivity contribution in [3.8, 4) is 22.5 Å². The van der Waals surface area contributed by atoms with E-state index in [4.69, 9.17) is 9.51 Å². The number of fused-ring (bicyclic) bond motifs is 1. The van der Waals surface area contributed by atoms with Crippen molar-refractivity contribution in [2.24, 2.45) is 11.3 Å². The third-order valence-electron chi connectivity index (χ3n) is 13.5. The Balaban J connectivity index is 0.702. The van der Waals surface area contributed by atoms with Crippen molar-refractivity contribution in [3.05, 3.63) is 102 Å². The van der Waals surface area contributed by atoms with Crippen molar-refractivity contribution in [3.63, 3.8) is 0 Å². The lowest BCUT2D eigenvalue weighted by Gasteiger charge is -2.61. The van der Waals surface area contributed by atoms with Crippen LogP contribution in [0.1, 0.15) is 80.6 Å². The summed E-state index contributed by atoms with van der Waals surface area (Å²) in [7, 11) is 0. The number of H-pyrrole nitrogens is 1. The molecule has 0 radical (unpaired) electrons. The molecule has 7 heterocycles. The van der Waals surface area contributed by atoms with Crippen LogP contribution in [0.3, 0.4) is 0 Å². The number of aromatic nitrogens is 5. The SMILES string of the molecule is Cc1cc(-c2ncnc3[nH]c(-c4ccc(N5CC6(CN(CC7CCN(c8ccc(N9CCC(=O)NC9=O)cc8)CC7)C6)C5)cc4)cc23)ccc1[C@@H](C)NC(=O)c1nc(C(C)(C)C)no1. The van der Waals surface area contributed by atoms with Gasteiger partial charge in [0.1, 0.15) is 12.0 Å². The number of carbonyl (C=O) groups excluding carboxylic acids is 3. The van der Waals surface area contributed by atoms with E-state index in [-0.39, 0.29) is 29.3 Å². The maximum Gasteiger partial charge on any atom is 0.328 e.